The molecule has 1 aliphatic rings. The number of aliphatic hydroxyl groups is 1. The van der Waals surface area contributed by atoms with E-state index in [0.717, 1.165) is 19.3 Å². The van der Waals surface area contributed by atoms with Gasteiger partial charge in [0, 0.05) is 18.7 Å². The molecule has 16 heavy (non-hydrogen) atoms. The highest BCUT2D eigenvalue weighted by Crippen LogP contribution is 2.37. The smallest absolute Gasteiger partial charge is 0.0787 e. The fraction of sp³-hybridized carbons (Fsp3) is 1.00. The van der Waals surface area contributed by atoms with Crippen LogP contribution in [0.15, 0.2) is 0 Å². The van der Waals surface area contributed by atoms with Gasteiger partial charge in [-0.1, -0.05) is 6.92 Å². The van der Waals surface area contributed by atoms with Crippen molar-refractivity contribution in [2.24, 2.45) is 0 Å². The van der Waals surface area contributed by atoms with E-state index < -0.39 is 0 Å². The van der Waals surface area contributed by atoms with Crippen LogP contribution >= 0.6 is 0 Å². The van der Waals surface area contributed by atoms with Crippen molar-refractivity contribution in [3.8, 4) is 0 Å². The van der Waals surface area contributed by atoms with Gasteiger partial charge >= 0.3 is 0 Å². The van der Waals surface area contributed by atoms with Crippen molar-refractivity contribution < 1.29 is 9.84 Å². The summed E-state index contributed by atoms with van der Waals surface area (Å²) in [5.41, 5.74) is -0.162. The molecule has 2 N–H and O–H groups in total. The Labute approximate surface area is 99.6 Å². The maximum absolute atomic E-state index is 9.00. The van der Waals surface area contributed by atoms with Crippen LogP contribution in [0, 0.1) is 0 Å². The van der Waals surface area contributed by atoms with Crippen molar-refractivity contribution in [2.45, 2.75) is 77.2 Å². The molecule has 1 heterocycles. The van der Waals surface area contributed by atoms with Gasteiger partial charge in [0.2, 0.25) is 0 Å². The van der Waals surface area contributed by atoms with Crippen molar-refractivity contribution in [1.29, 1.82) is 0 Å². The minimum absolute atomic E-state index is 0.0430. The summed E-state index contributed by atoms with van der Waals surface area (Å²) < 4.78 is 6.05. The first kappa shape index (κ1) is 13.9. The maximum Gasteiger partial charge on any atom is 0.0787 e. The molecule has 3 nitrogen and oxygen atoms in total. The summed E-state index contributed by atoms with van der Waals surface area (Å²) in [7, 11) is 0. The second-order valence-electron chi connectivity index (χ2n) is 6.01. The van der Waals surface area contributed by atoms with Crippen LogP contribution in [0.2, 0.25) is 0 Å². The van der Waals surface area contributed by atoms with E-state index in [1.807, 2.05) is 0 Å². The first-order valence-corrected chi connectivity index (χ1v) is 6.38. The third-order valence-electron chi connectivity index (χ3n) is 3.48. The Morgan fingerprint density at radius 3 is 2.38 bits per heavy atom. The van der Waals surface area contributed by atoms with Crippen molar-refractivity contribution >= 4 is 0 Å². The molecule has 2 unspecified atom stereocenters. The number of ether oxygens (including phenoxy) is 1. The second kappa shape index (κ2) is 5.03. The fourth-order valence-electron chi connectivity index (χ4n) is 2.67. The molecule has 0 aromatic heterocycles. The molecular weight excluding hydrogens is 202 g/mol. The lowest BCUT2D eigenvalue weighted by molar-refractivity contribution is -0.0706. The molecule has 1 rings (SSSR count). The van der Waals surface area contributed by atoms with Crippen LogP contribution in [0.25, 0.3) is 0 Å². The van der Waals surface area contributed by atoms with E-state index in [9.17, 15) is 0 Å². The summed E-state index contributed by atoms with van der Waals surface area (Å²) >= 11 is 0. The van der Waals surface area contributed by atoms with Crippen LogP contribution in [-0.4, -0.2) is 35.0 Å². The Bertz CT molecular complexity index is 226. The number of hydrogen-bond donors (Lipinski definition) is 2. The first-order chi connectivity index (χ1) is 7.30. The summed E-state index contributed by atoms with van der Waals surface area (Å²) in [5.74, 6) is 0. The Morgan fingerprint density at radius 2 is 2.00 bits per heavy atom. The number of nitrogens with one attached hydrogen (secondary N) is 1. The van der Waals surface area contributed by atoms with Gasteiger partial charge in [0.05, 0.1) is 11.2 Å². The molecular formula is C13H27NO2. The molecule has 1 aliphatic heterocycles. The van der Waals surface area contributed by atoms with Crippen LogP contribution in [0.3, 0.4) is 0 Å². The molecule has 1 saturated heterocycles. The van der Waals surface area contributed by atoms with E-state index in [2.05, 4.69) is 39.9 Å². The maximum atomic E-state index is 9.00. The lowest BCUT2D eigenvalue weighted by atomic mass is 9.93. The van der Waals surface area contributed by atoms with Gasteiger partial charge in [-0.2, -0.15) is 0 Å². The van der Waals surface area contributed by atoms with Crippen molar-refractivity contribution in [1.82, 2.24) is 5.32 Å². The molecule has 96 valence electrons. The normalized spacial score (nSPS) is 29.2. The molecule has 0 spiro atoms. The first-order valence-electron chi connectivity index (χ1n) is 6.38. The molecule has 2 atom stereocenters. The van der Waals surface area contributed by atoms with Gasteiger partial charge in [-0.15, -0.1) is 0 Å². The average molecular weight is 229 g/mol. The monoisotopic (exact) mass is 229 g/mol. The number of aliphatic hydroxyl groups excluding tert-OH is 1. The molecule has 0 aromatic rings. The minimum Gasteiger partial charge on any atom is -0.396 e. The van der Waals surface area contributed by atoms with Gasteiger partial charge in [0.15, 0.2) is 0 Å². The Balaban J connectivity index is 2.59. The van der Waals surface area contributed by atoms with Crippen LogP contribution in [0.5, 0.6) is 0 Å². The van der Waals surface area contributed by atoms with Gasteiger partial charge in [-0.25, -0.2) is 0 Å². The number of hydrogen-bond acceptors (Lipinski definition) is 3. The second-order valence-corrected chi connectivity index (χ2v) is 6.01. The summed E-state index contributed by atoms with van der Waals surface area (Å²) in [4.78, 5) is 0. The quantitative estimate of drug-likeness (QED) is 0.758. The molecule has 0 aromatic carbocycles. The zero-order chi connectivity index (χ0) is 12.4. The van der Waals surface area contributed by atoms with Crippen LogP contribution in [0.4, 0.5) is 0 Å². The van der Waals surface area contributed by atoms with Crippen molar-refractivity contribution in [3.63, 3.8) is 0 Å². The lowest BCUT2D eigenvalue weighted by Crippen LogP contribution is -2.48. The number of rotatable bonds is 5. The van der Waals surface area contributed by atoms with Gasteiger partial charge in [-0.3, -0.25) is 0 Å². The van der Waals surface area contributed by atoms with Crippen molar-refractivity contribution in [3.05, 3.63) is 0 Å². The SMILES string of the molecule is CCC(CCO)NC1CC(C)(C)OC1(C)C. The third-order valence-corrected chi connectivity index (χ3v) is 3.48. The van der Waals surface area contributed by atoms with Crippen LogP contribution in [0.1, 0.15) is 53.9 Å². The Hall–Kier alpha value is -0.120. The van der Waals surface area contributed by atoms with E-state index in [0.29, 0.717) is 12.1 Å². The van der Waals surface area contributed by atoms with Gasteiger partial charge in [0.1, 0.15) is 0 Å². The summed E-state index contributed by atoms with van der Waals surface area (Å²) in [6.45, 7) is 11.0. The molecule has 0 saturated carbocycles. The highest BCUT2D eigenvalue weighted by atomic mass is 16.5. The third kappa shape index (κ3) is 3.44. The van der Waals surface area contributed by atoms with Crippen LogP contribution < -0.4 is 5.32 Å². The largest absolute Gasteiger partial charge is 0.396 e. The highest BCUT2D eigenvalue weighted by molar-refractivity contribution is 4.99. The lowest BCUT2D eigenvalue weighted by Gasteiger charge is -2.30. The molecule has 0 radical (unpaired) electrons. The van der Waals surface area contributed by atoms with Crippen molar-refractivity contribution in [2.75, 3.05) is 6.61 Å². The molecule has 1 fully saturated rings. The standard InChI is InChI=1S/C13H27NO2/c1-6-10(7-8-15)14-11-9-12(2,3)16-13(11,4)5/h10-11,14-15H,6-9H2,1-5H3. The molecule has 0 aliphatic carbocycles. The van der Waals surface area contributed by atoms with Gasteiger partial charge < -0.3 is 15.2 Å². The zero-order valence-electron chi connectivity index (χ0n) is 11.3. The van der Waals surface area contributed by atoms with Gasteiger partial charge in [-0.05, 0) is 47.0 Å². The van der Waals surface area contributed by atoms with Gasteiger partial charge in [0.25, 0.3) is 0 Å². The zero-order valence-corrected chi connectivity index (χ0v) is 11.3. The van der Waals surface area contributed by atoms with E-state index in [1.165, 1.54) is 0 Å². The predicted molar refractivity (Wildman–Crippen MR) is 66.6 cm³/mol. The van der Waals surface area contributed by atoms with E-state index in [-0.39, 0.29) is 17.8 Å². The summed E-state index contributed by atoms with van der Waals surface area (Å²) in [6, 6.07) is 0.769. The molecule has 0 bridgehead atoms. The average Bonchev–Trinajstić information content (AvgIpc) is 2.33. The Morgan fingerprint density at radius 1 is 1.38 bits per heavy atom. The van der Waals surface area contributed by atoms with E-state index >= 15 is 0 Å². The Kier molecular flexibility index (Phi) is 4.38. The summed E-state index contributed by atoms with van der Waals surface area (Å²) in [6.07, 6.45) is 2.90. The van der Waals surface area contributed by atoms with E-state index in [1.54, 1.807) is 0 Å². The highest BCUT2D eigenvalue weighted by Gasteiger charge is 2.46. The minimum atomic E-state index is -0.119. The molecule has 0 amide bonds. The fourth-order valence-corrected chi connectivity index (χ4v) is 2.67. The van der Waals surface area contributed by atoms with E-state index in [4.69, 9.17) is 9.84 Å². The predicted octanol–water partition coefficient (Wildman–Crippen LogP) is 2.08. The topological polar surface area (TPSA) is 41.5 Å². The van der Waals surface area contributed by atoms with Crippen LogP contribution in [-0.2, 0) is 4.74 Å². The molecule has 3 heteroatoms. The summed E-state index contributed by atoms with van der Waals surface area (Å²) in [5, 5.41) is 12.6.